The number of anilines is 2. The van der Waals surface area contributed by atoms with Crippen molar-refractivity contribution in [2.24, 2.45) is 10.9 Å². The first-order valence-corrected chi connectivity index (χ1v) is 13.5. The molecule has 4 aromatic carbocycles. The highest BCUT2D eigenvalue weighted by atomic mass is 16.6. The average Bonchev–Trinajstić information content (AvgIpc) is 3.03. The lowest BCUT2D eigenvalue weighted by Gasteiger charge is -2.18. The van der Waals surface area contributed by atoms with E-state index in [0.717, 1.165) is 11.1 Å². The second kappa shape index (κ2) is 13.8. The first-order valence-electron chi connectivity index (χ1n) is 13.5. The predicted octanol–water partition coefficient (Wildman–Crippen LogP) is 5.09. The summed E-state index contributed by atoms with van der Waals surface area (Å²) in [4.78, 5) is 39.7. The molecule has 0 spiro atoms. The molecule has 43 heavy (non-hydrogen) atoms. The molecule has 0 fully saturated rings. The SMILES string of the molecule is CC(C)c1ccc(C(=O)Nc2c(N)ccc(OCC(=O)OCc3ccccc3)c2C(=O)c2cccc(C(N)=NO)c2)cc1. The summed E-state index contributed by atoms with van der Waals surface area (Å²) in [6.07, 6.45) is 0. The molecule has 0 aliphatic rings. The van der Waals surface area contributed by atoms with Crippen molar-refractivity contribution in [3.8, 4) is 5.75 Å². The lowest BCUT2D eigenvalue weighted by atomic mass is 9.97. The summed E-state index contributed by atoms with van der Waals surface area (Å²) in [5.74, 6) is -1.66. The first kappa shape index (κ1) is 30.3. The number of ketones is 1. The van der Waals surface area contributed by atoms with E-state index in [0.29, 0.717) is 11.1 Å². The number of oxime groups is 1. The number of esters is 1. The van der Waals surface area contributed by atoms with E-state index in [1.165, 1.54) is 24.3 Å². The van der Waals surface area contributed by atoms with E-state index in [1.807, 2.05) is 56.3 Å². The quantitative estimate of drug-likeness (QED) is 0.0362. The molecule has 0 radical (unpaired) electrons. The number of hydrogen-bond acceptors (Lipinski definition) is 8. The molecule has 4 rings (SSSR count). The molecule has 10 nitrogen and oxygen atoms in total. The number of nitrogens with zero attached hydrogens (tertiary/aromatic N) is 1. The Labute approximate surface area is 248 Å². The van der Waals surface area contributed by atoms with Gasteiger partial charge in [-0.05, 0) is 47.4 Å². The van der Waals surface area contributed by atoms with Crippen molar-refractivity contribution in [3.63, 3.8) is 0 Å². The number of amides is 1. The fourth-order valence-electron chi connectivity index (χ4n) is 4.22. The summed E-state index contributed by atoms with van der Waals surface area (Å²) >= 11 is 0. The lowest BCUT2D eigenvalue weighted by molar-refractivity contribution is -0.147. The Morgan fingerprint density at radius 1 is 0.884 bits per heavy atom. The van der Waals surface area contributed by atoms with Gasteiger partial charge in [0.1, 0.15) is 12.4 Å². The molecule has 4 aromatic rings. The van der Waals surface area contributed by atoms with Crippen molar-refractivity contribution in [2.45, 2.75) is 26.4 Å². The van der Waals surface area contributed by atoms with Gasteiger partial charge in [-0.25, -0.2) is 4.79 Å². The highest BCUT2D eigenvalue weighted by Crippen LogP contribution is 2.35. The Morgan fingerprint density at radius 3 is 2.26 bits per heavy atom. The molecular formula is C33H32N4O6. The van der Waals surface area contributed by atoms with E-state index in [9.17, 15) is 14.4 Å². The van der Waals surface area contributed by atoms with Crippen LogP contribution in [0.4, 0.5) is 11.4 Å². The van der Waals surface area contributed by atoms with Gasteiger partial charge in [-0.3, -0.25) is 9.59 Å². The maximum Gasteiger partial charge on any atom is 0.344 e. The van der Waals surface area contributed by atoms with Crippen molar-refractivity contribution in [2.75, 3.05) is 17.7 Å². The topological polar surface area (TPSA) is 166 Å². The lowest BCUT2D eigenvalue weighted by Crippen LogP contribution is -2.20. The minimum atomic E-state index is -0.663. The van der Waals surface area contributed by atoms with Gasteiger partial charge in [-0.1, -0.05) is 79.7 Å². The van der Waals surface area contributed by atoms with Crippen LogP contribution in [0.5, 0.6) is 5.75 Å². The van der Waals surface area contributed by atoms with Gasteiger partial charge in [-0.15, -0.1) is 0 Å². The van der Waals surface area contributed by atoms with Crippen LogP contribution in [-0.2, 0) is 16.1 Å². The molecule has 0 atom stereocenters. The largest absolute Gasteiger partial charge is 0.481 e. The monoisotopic (exact) mass is 580 g/mol. The number of hydrogen-bond donors (Lipinski definition) is 4. The van der Waals surface area contributed by atoms with Gasteiger partial charge in [0, 0.05) is 16.7 Å². The molecule has 10 heteroatoms. The second-order valence-corrected chi connectivity index (χ2v) is 9.96. The molecule has 1 amide bonds. The third-order valence-electron chi connectivity index (χ3n) is 6.62. The van der Waals surface area contributed by atoms with Gasteiger partial charge in [0.25, 0.3) is 5.91 Å². The summed E-state index contributed by atoms with van der Waals surface area (Å²) in [5.41, 5.74) is 14.7. The Balaban J connectivity index is 1.67. The van der Waals surface area contributed by atoms with Gasteiger partial charge in [0.2, 0.25) is 0 Å². The van der Waals surface area contributed by atoms with Gasteiger partial charge in [0.05, 0.1) is 16.9 Å². The van der Waals surface area contributed by atoms with Crippen molar-refractivity contribution in [1.82, 2.24) is 0 Å². The number of benzene rings is 4. The maximum absolute atomic E-state index is 14.0. The molecular weight excluding hydrogens is 548 g/mol. The van der Waals surface area contributed by atoms with Crippen LogP contribution in [-0.4, -0.2) is 35.3 Å². The van der Waals surface area contributed by atoms with Crippen LogP contribution in [0.1, 0.15) is 62.7 Å². The maximum atomic E-state index is 14.0. The van der Waals surface area contributed by atoms with E-state index >= 15 is 0 Å². The Bertz CT molecular complexity index is 1650. The minimum Gasteiger partial charge on any atom is -0.481 e. The summed E-state index contributed by atoms with van der Waals surface area (Å²) in [5, 5.41) is 14.8. The molecule has 0 aliphatic heterocycles. The molecule has 0 heterocycles. The summed E-state index contributed by atoms with van der Waals surface area (Å²) in [6, 6.07) is 25.2. The van der Waals surface area contributed by atoms with Gasteiger partial charge in [-0.2, -0.15) is 0 Å². The Kier molecular flexibility index (Phi) is 9.74. The fourth-order valence-corrected chi connectivity index (χ4v) is 4.22. The zero-order valence-electron chi connectivity index (χ0n) is 23.7. The smallest absolute Gasteiger partial charge is 0.344 e. The highest BCUT2D eigenvalue weighted by Gasteiger charge is 2.25. The predicted molar refractivity (Wildman–Crippen MR) is 163 cm³/mol. The van der Waals surface area contributed by atoms with Gasteiger partial charge >= 0.3 is 5.97 Å². The van der Waals surface area contributed by atoms with Crippen molar-refractivity contribution < 1.29 is 29.1 Å². The van der Waals surface area contributed by atoms with Crippen LogP contribution in [0.25, 0.3) is 0 Å². The average molecular weight is 581 g/mol. The van der Waals surface area contributed by atoms with E-state index in [4.69, 9.17) is 26.1 Å². The highest BCUT2D eigenvalue weighted by molar-refractivity contribution is 6.19. The number of amidine groups is 1. The zero-order chi connectivity index (χ0) is 30.9. The van der Waals surface area contributed by atoms with Gasteiger partial charge < -0.3 is 31.5 Å². The molecule has 0 aliphatic carbocycles. The van der Waals surface area contributed by atoms with Crippen LogP contribution >= 0.6 is 0 Å². The van der Waals surface area contributed by atoms with E-state index in [2.05, 4.69) is 10.5 Å². The van der Waals surface area contributed by atoms with Gasteiger partial charge in [0.15, 0.2) is 18.2 Å². The standard InChI is InChI=1S/C33H32N4O6/c1-20(2)22-11-13-23(14-12-22)33(40)36-30-26(34)15-16-27(42-19-28(38)43-18-21-7-4-3-5-8-21)29(30)31(39)24-9-6-10-25(17-24)32(35)37-41/h3-17,20,41H,18-19,34H2,1-2H3,(H2,35,37)(H,36,40). The number of ether oxygens (including phenoxy) is 2. The number of rotatable bonds is 11. The number of nitrogens with one attached hydrogen (secondary N) is 1. The normalized spacial score (nSPS) is 11.2. The van der Waals surface area contributed by atoms with Crippen LogP contribution in [0.3, 0.4) is 0 Å². The first-order chi connectivity index (χ1) is 20.7. The molecule has 0 saturated carbocycles. The third-order valence-corrected chi connectivity index (χ3v) is 6.62. The van der Waals surface area contributed by atoms with Crippen LogP contribution in [0.15, 0.2) is 96.2 Å². The third kappa shape index (κ3) is 7.56. The Morgan fingerprint density at radius 2 is 1.58 bits per heavy atom. The zero-order valence-corrected chi connectivity index (χ0v) is 23.7. The summed E-state index contributed by atoms with van der Waals surface area (Å²) in [6.45, 7) is 3.64. The molecule has 220 valence electrons. The van der Waals surface area contributed by atoms with E-state index in [1.54, 1.807) is 24.3 Å². The van der Waals surface area contributed by atoms with Crippen molar-refractivity contribution >= 4 is 34.9 Å². The summed E-state index contributed by atoms with van der Waals surface area (Å²) < 4.78 is 11.1. The fraction of sp³-hybridized carbons (Fsp3) is 0.152. The summed E-state index contributed by atoms with van der Waals surface area (Å²) in [7, 11) is 0. The number of carbonyl (C=O) groups is 3. The molecule has 0 saturated heterocycles. The minimum absolute atomic E-state index is 0.00415. The number of carbonyl (C=O) groups excluding carboxylic acids is 3. The second-order valence-electron chi connectivity index (χ2n) is 9.96. The molecule has 0 bridgehead atoms. The van der Waals surface area contributed by atoms with Crippen molar-refractivity contribution in [1.29, 1.82) is 0 Å². The Hall–Kier alpha value is -5.64. The van der Waals surface area contributed by atoms with E-state index in [-0.39, 0.29) is 46.6 Å². The van der Waals surface area contributed by atoms with Crippen LogP contribution in [0.2, 0.25) is 0 Å². The molecule has 0 unspecified atom stereocenters. The number of nitrogens with two attached hydrogens (primary N) is 2. The molecule has 6 N–H and O–H groups in total. The van der Waals surface area contributed by atoms with Crippen LogP contribution < -0.4 is 21.5 Å². The van der Waals surface area contributed by atoms with E-state index < -0.39 is 24.3 Å². The number of nitrogen functional groups attached to an aromatic ring is 1. The van der Waals surface area contributed by atoms with Crippen LogP contribution in [0, 0.1) is 0 Å². The molecule has 0 aromatic heterocycles. The van der Waals surface area contributed by atoms with Crippen molar-refractivity contribution in [3.05, 3.63) is 124 Å².